The number of thiazole rings is 1. The Labute approximate surface area is 124 Å². The van der Waals surface area contributed by atoms with Crippen LogP contribution in [0.2, 0.25) is 5.02 Å². The predicted molar refractivity (Wildman–Crippen MR) is 74.9 cm³/mol. The lowest BCUT2D eigenvalue weighted by atomic mass is 10.1. The van der Waals surface area contributed by atoms with Crippen molar-refractivity contribution in [1.82, 2.24) is 4.98 Å². The lowest BCUT2D eigenvalue weighted by Gasteiger charge is -2.09. The molecular weight excluding hydrogens is 300 g/mol. The van der Waals surface area contributed by atoms with Crippen molar-refractivity contribution < 1.29 is 14.7 Å². The van der Waals surface area contributed by atoms with Crippen LogP contribution in [0, 0.1) is 0 Å². The summed E-state index contributed by atoms with van der Waals surface area (Å²) in [5.74, 6) is -2.17. The fourth-order valence-corrected chi connectivity index (χ4v) is 2.45. The van der Waals surface area contributed by atoms with Gasteiger partial charge in [-0.1, -0.05) is 11.6 Å². The standard InChI is InChI=1S/C13H11ClN2O3S/c1-7(12-16-10(6-20-12)13(18)19)11(17)15-9-4-2-8(14)3-5-9/h2-7H,1H3,(H,15,17)(H,18,19)/p-1/t7-/m1/s1. The zero-order valence-electron chi connectivity index (χ0n) is 10.4. The van der Waals surface area contributed by atoms with E-state index in [1.807, 2.05) is 0 Å². The zero-order valence-corrected chi connectivity index (χ0v) is 12.0. The molecule has 2 aromatic rings. The SMILES string of the molecule is C[C@H](C(=O)Nc1ccc(Cl)cc1)c1nc(C(=O)[O-])cs1. The number of carboxylic acid groups (broad SMARTS) is 1. The Kier molecular flexibility index (Phi) is 4.36. The van der Waals surface area contributed by atoms with Gasteiger partial charge in [0.15, 0.2) is 0 Å². The topological polar surface area (TPSA) is 82.1 Å². The maximum atomic E-state index is 12.0. The molecule has 0 radical (unpaired) electrons. The van der Waals surface area contributed by atoms with E-state index < -0.39 is 11.9 Å². The third-order valence-electron chi connectivity index (χ3n) is 2.61. The van der Waals surface area contributed by atoms with Crippen molar-refractivity contribution in [2.75, 3.05) is 5.32 Å². The van der Waals surface area contributed by atoms with E-state index >= 15 is 0 Å². The van der Waals surface area contributed by atoms with Gasteiger partial charge < -0.3 is 15.2 Å². The van der Waals surface area contributed by atoms with Crippen molar-refractivity contribution in [2.45, 2.75) is 12.8 Å². The molecule has 1 heterocycles. The van der Waals surface area contributed by atoms with Crippen LogP contribution < -0.4 is 10.4 Å². The molecule has 1 amide bonds. The summed E-state index contributed by atoms with van der Waals surface area (Å²) in [4.78, 5) is 26.5. The Morgan fingerprint density at radius 1 is 1.35 bits per heavy atom. The maximum Gasteiger partial charge on any atom is 0.234 e. The average Bonchev–Trinajstić information content (AvgIpc) is 2.90. The van der Waals surface area contributed by atoms with Crippen molar-refractivity contribution >= 4 is 40.5 Å². The van der Waals surface area contributed by atoms with Gasteiger partial charge in [-0.25, -0.2) is 4.98 Å². The number of hydrogen-bond donors (Lipinski definition) is 1. The molecule has 0 spiro atoms. The first kappa shape index (κ1) is 14.5. The van der Waals surface area contributed by atoms with E-state index in [0.717, 1.165) is 11.3 Å². The number of nitrogens with one attached hydrogen (secondary N) is 1. The Balaban J connectivity index is 2.07. The van der Waals surface area contributed by atoms with E-state index in [9.17, 15) is 14.7 Å². The predicted octanol–water partition coefficient (Wildman–Crippen LogP) is 1.90. The molecule has 5 nitrogen and oxygen atoms in total. The van der Waals surface area contributed by atoms with Crippen LogP contribution in [0.15, 0.2) is 29.6 Å². The third kappa shape index (κ3) is 3.34. The lowest BCUT2D eigenvalue weighted by molar-refractivity contribution is -0.255. The summed E-state index contributed by atoms with van der Waals surface area (Å²) in [6.45, 7) is 1.66. The van der Waals surface area contributed by atoms with Crippen LogP contribution in [0.25, 0.3) is 0 Å². The summed E-state index contributed by atoms with van der Waals surface area (Å²) in [6, 6.07) is 6.70. The average molecular weight is 310 g/mol. The lowest BCUT2D eigenvalue weighted by Crippen LogP contribution is -2.23. The molecule has 0 bridgehead atoms. The molecule has 0 aliphatic carbocycles. The van der Waals surface area contributed by atoms with Gasteiger partial charge >= 0.3 is 0 Å². The number of carbonyl (C=O) groups is 2. The van der Waals surface area contributed by atoms with E-state index in [-0.39, 0.29) is 11.6 Å². The van der Waals surface area contributed by atoms with E-state index in [1.165, 1.54) is 5.38 Å². The van der Waals surface area contributed by atoms with Crippen LogP contribution in [0.3, 0.4) is 0 Å². The van der Waals surface area contributed by atoms with Crippen LogP contribution in [0.4, 0.5) is 5.69 Å². The van der Waals surface area contributed by atoms with Crippen LogP contribution in [-0.2, 0) is 4.79 Å². The van der Waals surface area contributed by atoms with Gasteiger partial charge in [0, 0.05) is 16.1 Å². The normalized spacial score (nSPS) is 11.9. The quantitative estimate of drug-likeness (QED) is 0.935. The number of carbonyl (C=O) groups excluding carboxylic acids is 2. The minimum absolute atomic E-state index is 0.156. The molecule has 20 heavy (non-hydrogen) atoms. The number of nitrogens with zero attached hydrogens (tertiary/aromatic N) is 1. The number of amides is 1. The molecule has 0 saturated heterocycles. The van der Waals surface area contributed by atoms with Gasteiger partial charge in [0.05, 0.1) is 17.6 Å². The molecule has 1 aromatic heterocycles. The van der Waals surface area contributed by atoms with Gasteiger partial charge in [0.1, 0.15) is 5.01 Å². The molecule has 0 saturated carbocycles. The molecule has 0 unspecified atom stereocenters. The number of hydrogen-bond acceptors (Lipinski definition) is 5. The number of aromatic nitrogens is 1. The first-order valence-corrected chi connectivity index (χ1v) is 6.96. The largest absolute Gasteiger partial charge is 0.543 e. The van der Waals surface area contributed by atoms with E-state index in [2.05, 4.69) is 10.3 Å². The smallest absolute Gasteiger partial charge is 0.234 e. The van der Waals surface area contributed by atoms with Gasteiger partial charge in [0.25, 0.3) is 0 Å². The highest BCUT2D eigenvalue weighted by Gasteiger charge is 2.19. The molecule has 7 heteroatoms. The van der Waals surface area contributed by atoms with E-state index in [1.54, 1.807) is 31.2 Å². The Hall–Kier alpha value is -1.92. The Bertz CT molecular complexity index is 639. The number of benzene rings is 1. The number of rotatable bonds is 4. The highest BCUT2D eigenvalue weighted by molar-refractivity contribution is 7.10. The molecule has 0 aliphatic rings. The Morgan fingerprint density at radius 3 is 2.55 bits per heavy atom. The van der Waals surface area contributed by atoms with Gasteiger partial charge in [-0.2, -0.15) is 0 Å². The summed E-state index contributed by atoms with van der Waals surface area (Å²) < 4.78 is 0. The molecule has 1 N–H and O–H groups in total. The van der Waals surface area contributed by atoms with E-state index in [4.69, 9.17) is 11.6 Å². The van der Waals surface area contributed by atoms with Crippen molar-refractivity contribution in [1.29, 1.82) is 0 Å². The summed E-state index contributed by atoms with van der Waals surface area (Å²) in [5.41, 5.74) is 0.457. The second kappa shape index (κ2) is 6.02. The van der Waals surface area contributed by atoms with E-state index in [0.29, 0.717) is 15.7 Å². The van der Waals surface area contributed by atoms with Gasteiger partial charge in [0.2, 0.25) is 5.91 Å². The van der Waals surface area contributed by atoms with Crippen LogP contribution in [0.5, 0.6) is 0 Å². The fourth-order valence-electron chi connectivity index (χ4n) is 1.48. The minimum atomic E-state index is -1.35. The first-order valence-electron chi connectivity index (χ1n) is 5.70. The second-order valence-electron chi connectivity index (χ2n) is 4.08. The van der Waals surface area contributed by atoms with Crippen molar-refractivity contribution in [3.8, 4) is 0 Å². The number of aromatic carboxylic acids is 1. The number of anilines is 1. The van der Waals surface area contributed by atoms with Crippen molar-refractivity contribution in [2.24, 2.45) is 0 Å². The molecule has 104 valence electrons. The highest BCUT2D eigenvalue weighted by atomic mass is 35.5. The monoisotopic (exact) mass is 309 g/mol. The van der Waals surface area contributed by atoms with Gasteiger partial charge in [-0.3, -0.25) is 4.79 Å². The van der Waals surface area contributed by atoms with Crippen LogP contribution >= 0.6 is 22.9 Å². The molecule has 1 atom stereocenters. The zero-order chi connectivity index (χ0) is 14.7. The highest BCUT2D eigenvalue weighted by Crippen LogP contribution is 2.22. The number of halogens is 1. The van der Waals surface area contributed by atoms with Crippen LogP contribution in [0.1, 0.15) is 28.3 Å². The second-order valence-corrected chi connectivity index (χ2v) is 5.40. The van der Waals surface area contributed by atoms with Gasteiger partial charge in [-0.05, 0) is 31.2 Å². The van der Waals surface area contributed by atoms with Crippen LogP contribution in [-0.4, -0.2) is 16.9 Å². The molecular formula is C13H10ClN2O3S-. The summed E-state index contributed by atoms with van der Waals surface area (Å²) in [6.07, 6.45) is 0. The van der Waals surface area contributed by atoms with Crippen molar-refractivity contribution in [3.05, 3.63) is 45.4 Å². The third-order valence-corrected chi connectivity index (χ3v) is 3.89. The Morgan fingerprint density at radius 2 is 2.00 bits per heavy atom. The summed E-state index contributed by atoms with van der Waals surface area (Å²) in [5, 5.41) is 15.7. The molecule has 2 rings (SSSR count). The number of carboxylic acids is 1. The summed E-state index contributed by atoms with van der Waals surface area (Å²) in [7, 11) is 0. The van der Waals surface area contributed by atoms with Gasteiger partial charge in [-0.15, -0.1) is 11.3 Å². The van der Waals surface area contributed by atoms with Crippen molar-refractivity contribution in [3.63, 3.8) is 0 Å². The minimum Gasteiger partial charge on any atom is -0.543 e. The molecule has 0 fully saturated rings. The summed E-state index contributed by atoms with van der Waals surface area (Å²) >= 11 is 6.87. The fraction of sp³-hybridized carbons (Fsp3) is 0.154. The molecule has 0 aliphatic heterocycles. The molecule has 1 aromatic carbocycles. The maximum absolute atomic E-state index is 12.0. The first-order chi connectivity index (χ1) is 9.47.